The van der Waals surface area contributed by atoms with Crippen LogP contribution in [0.2, 0.25) is 0 Å². The van der Waals surface area contributed by atoms with Crippen molar-refractivity contribution in [1.29, 1.82) is 0 Å². The van der Waals surface area contributed by atoms with Crippen LogP contribution in [0.5, 0.6) is 0 Å². The Hall–Kier alpha value is -0.870. The zero-order valence-corrected chi connectivity index (χ0v) is 14.8. The van der Waals surface area contributed by atoms with Crippen molar-refractivity contribution >= 4 is 15.7 Å². The van der Waals surface area contributed by atoms with Crippen LogP contribution in [-0.2, 0) is 14.6 Å². The van der Waals surface area contributed by atoms with E-state index in [9.17, 15) is 26.4 Å². The molecule has 1 heterocycles. The minimum Gasteiger partial charge on any atom is -0.354 e. The van der Waals surface area contributed by atoms with Gasteiger partial charge in [-0.1, -0.05) is 13.8 Å². The van der Waals surface area contributed by atoms with Gasteiger partial charge in [0, 0.05) is 39.1 Å². The summed E-state index contributed by atoms with van der Waals surface area (Å²) in [6, 6.07) is -1.75. The molecule has 6 nitrogen and oxygen atoms in total. The average molecular weight is 373 g/mol. The molecule has 1 rings (SSSR count). The van der Waals surface area contributed by atoms with E-state index in [-0.39, 0.29) is 36.9 Å². The molecule has 1 aliphatic heterocycles. The Morgan fingerprint density at radius 1 is 1.25 bits per heavy atom. The molecule has 1 aliphatic rings. The summed E-state index contributed by atoms with van der Waals surface area (Å²) < 4.78 is 62.9. The third kappa shape index (κ3) is 7.80. The van der Waals surface area contributed by atoms with Crippen LogP contribution in [0.15, 0.2) is 0 Å². The maximum absolute atomic E-state index is 13.2. The normalized spacial score (nSPS) is 18.6. The lowest BCUT2D eigenvalue weighted by molar-refractivity contribution is -0.184. The molecule has 1 saturated heterocycles. The number of piperazine rings is 1. The quantitative estimate of drug-likeness (QED) is 0.644. The van der Waals surface area contributed by atoms with Crippen LogP contribution >= 0.6 is 0 Å². The van der Waals surface area contributed by atoms with Crippen molar-refractivity contribution < 1.29 is 26.4 Å². The van der Waals surface area contributed by atoms with Crippen molar-refractivity contribution in [2.24, 2.45) is 5.92 Å². The molecule has 0 aliphatic carbocycles. The van der Waals surface area contributed by atoms with E-state index in [2.05, 4.69) is 10.6 Å². The number of carbonyl (C=O) groups excluding carboxylic acids is 1. The molecule has 142 valence electrons. The van der Waals surface area contributed by atoms with E-state index in [0.29, 0.717) is 13.1 Å². The first-order valence-corrected chi connectivity index (χ1v) is 9.82. The Kier molecular flexibility index (Phi) is 7.94. The highest BCUT2D eigenvalue weighted by Crippen LogP contribution is 2.24. The summed E-state index contributed by atoms with van der Waals surface area (Å²) in [4.78, 5) is 13.0. The van der Waals surface area contributed by atoms with Crippen LogP contribution in [0.25, 0.3) is 0 Å². The maximum atomic E-state index is 13.2. The van der Waals surface area contributed by atoms with Crippen molar-refractivity contribution in [2.45, 2.75) is 32.5 Å². The van der Waals surface area contributed by atoms with Gasteiger partial charge in [0.15, 0.2) is 9.84 Å². The third-order valence-corrected chi connectivity index (χ3v) is 5.69. The molecule has 1 unspecified atom stereocenters. The van der Waals surface area contributed by atoms with Gasteiger partial charge in [-0.05, 0) is 5.92 Å². The summed E-state index contributed by atoms with van der Waals surface area (Å²) in [6.07, 6.45) is -4.77. The smallest absolute Gasteiger partial charge is 0.354 e. The Bertz CT molecular complexity index is 503. The zero-order valence-electron chi connectivity index (χ0n) is 14.0. The monoisotopic (exact) mass is 373 g/mol. The molecular formula is C14H26F3N3O3S. The number of sulfone groups is 1. The molecule has 0 aromatic heterocycles. The predicted molar refractivity (Wildman–Crippen MR) is 85.4 cm³/mol. The standard InChI is InChI=1S/C14H26F3N3O3S/c1-11(2)10-24(22,23)8-3-13(21)19-9-12(14(15,16)17)20-6-4-18-5-7-20/h11-12,18H,3-10H2,1-2H3,(H,19,21). The van der Waals surface area contributed by atoms with Crippen LogP contribution < -0.4 is 10.6 Å². The van der Waals surface area contributed by atoms with Gasteiger partial charge in [-0.2, -0.15) is 13.2 Å². The van der Waals surface area contributed by atoms with E-state index >= 15 is 0 Å². The fourth-order valence-corrected chi connectivity index (χ4v) is 4.26. The van der Waals surface area contributed by atoms with E-state index in [0.717, 1.165) is 0 Å². The topological polar surface area (TPSA) is 78.5 Å². The van der Waals surface area contributed by atoms with Gasteiger partial charge in [0.2, 0.25) is 5.91 Å². The second kappa shape index (κ2) is 9.00. The summed E-state index contributed by atoms with van der Waals surface area (Å²) in [5.74, 6) is -1.11. The number of hydrogen-bond donors (Lipinski definition) is 2. The summed E-state index contributed by atoms with van der Waals surface area (Å²) in [7, 11) is -3.37. The van der Waals surface area contributed by atoms with Crippen molar-refractivity contribution in [3.63, 3.8) is 0 Å². The van der Waals surface area contributed by atoms with Crippen LogP contribution in [0, 0.1) is 5.92 Å². The Morgan fingerprint density at radius 2 is 1.83 bits per heavy atom. The second-order valence-corrected chi connectivity index (χ2v) is 8.63. The molecule has 2 N–H and O–H groups in total. The van der Waals surface area contributed by atoms with Gasteiger partial charge in [0.05, 0.1) is 11.5 Å². The van der Waals surface area contributed by atoms with Crippen LogP contribution in [0.4, 0.5) is 13.2 Å². The van der Waals surface area contributed by atoms with Crippen LogP contribution in [-0.4, -0.2) is 75.7 Å². The van der Waals surface area contributed by atoms with Gasteiger partial charge < -0.3 is 10.6 Å². The summed E-state index contributed by atoms with van der Waals surface area (Å²) in [5, 5.41) is 5.20. The Morgan fingerprint density at radius 3 is 2.33 bits per heavy atom. The van der Waals surface area contributed by atoms with E-state index in [1.54, 1.807) is 13.8 Å². The highest BCUT2D eigenvalue weighted by molar-refractivity contribution is 7.91. The first-order chi connectivity index (χ1) is 11.0. The van der Waals surface area contributed by atoms with Crippen LogP contribution in [0.3, 0.4) is 0 Å². The molecule has 0 saturated carbocycles. The number of rotatable bonds is 8. The fraction of sp³-hybridized carbons (Fsp3) is 0.929. The van der Waals surface area contributed by atoms with E-state index in [1.807, 2.05) is 0 Å². The molecular weight excluding hydrogens is 347 g/mol. The lowest BCUT2D eigenvalue weighted by Gasteiger charge is -2.35. The fourth-order valence-electron chi connectivity index (χ4n) is 2.58. The number of carbonyl (C=O) groups is 1. The van der Waals surface area contributed by atoms with Gasteiger partial charge >= 0.3 is 6.18 Å². The molecule has 0 aromatic rings. The van der Waals surface area contributed by atoms with Crippen molar-refractivity contribution in [2.75, 3.05) is 44.2 Å². The molecule has 1 atom stereocenters. The van der Waals surface area contributed by atoms with Crippen molar-refractivity contribution in [3.8, 4) is 0 Å². The number of hydrogen-bond acceptors (Lipinski definition) is 5. The first-order valence-electron chi connectivity index (χ1n) is 8.00. The SMILES string of the molecule is CC(C)CS(=O)(=O)CCC(=O)NCC(N1CCNCC1)C(F)(F)F. The van der Waals surface area contributed by atoms with Gasteiger partial charge in [0.25, 0.3) is 0 Å². The highest BCUT2D eigenvalue weighted by atomic mass is 32.2. The Balaban J connectivity index is 2.50. The lowest BCUT2D eigenvalue weighted by Crippen LogP contribution is -2.57. The van der Waals surface area contributed by atoms with Gasteiger partial charge in [-0.25, -0.2) is 8.42 Å². The molecule has 24 heavy (non-hydrogen) atoms. The largest absolute Gasteiger partial charge is 0.405 e. The first kappa shape index (κ1) is 21.2. The number of halogens is 3. The van der Waals surface area contributed by atoms with Gasteiger partial charge in [-0.15, -0.1) is 0 Å². The molecule has 10 heteroatoms. The molecule has 0 bridgehead atoms. The van der Waals surface area contributed by atoms with Gasteiger partial charge in [-0.3, -0.25) is 9.69 Å². The number of nitrogens with one attached hydrogen (secondary N) is 2. The van der Waals surface area contributed by atoms with Crippen molar-refractivity contribution in [1.82, 2.24) is 15.5 Å². The van der Waals surface area contributed by atoms with E-state index in [1.165, 1.54) is 4.90 Å². The summed E-state index contributed by atoms with van der Waals surface area (Å²) in [6.45, 7) is 4.37. The summed E-state index contributed by atoms with van der Waals surface area (Å²) >= 11 is 0. The minimum absolute atomic E-state index is 0.0355. The van der Waals surface area contributed by atoms with Crippen molar-refractivity contribution in [3.05, 3.63) is 0 Å². The average Bonchev–Trinajstić information content (AvgIpc) is 2.44. The zero-order chi connectivity index (χ0) is 18.4. The second-order valence-electron chi connectivity index (χ2n) is 6.41. The molecule has 0 radical (unpaired) electrons. The number of nitrogens with zero attached hydrogens (tertiary/aromatic N) is 1. The molecule has 0 spiro atoms. The van der Waals surface area contributed by atoms with E-state index < -0.39 is 34.5 Å². The number of alkyl halides is 3. The molecule has 0 aromatic carbocycles. The number of amides is 1. The molecule has 1 amide bonds. The molecule has 1 fully saturated rings. The lowest BCUT2D eigenvalue weighted by atomic mass is 10.2. The highest BCUT2D eigenvalue weighted by Gasteiger charge is 2.43. The Labute approximate surface area is 141 Å². The van der Waals surface area contributed by atoms with Crippen LogP contribution in [0.1, 0.15) is 20.3 Å². The van der Waals surface area contributed by atoms with Gasteiger partial charge in [0.1, 0.15) is 6.04 Å². The minimum atomic E-state index is -4.45. The summed E-state index contributed by atoms with van der Waals surface area (Å²) in [5.41, 5.74) is 0. The maximum Gasteiger partial charge on any atom is 0.405 e. The predicted octanol–water partition coefficient (Wildman–Crippen LogP) is 0.400. The third-order valence-electron chi connectivity index (χ3n) is 3.69. The van der Waals surface area contributed by atoms with E-state index in [4.69, 9.17) is 0 Å².